The van der Waals surface area contributed by atoms with Crippen molar-refractivity contribution < 1.29 is 4.79 Å². The second-order valence-electron chi connectivity index (χ2n) is 4.47. The molecule has 1 unspecified atom stereocenters. The van der Waals surface area contributed by atoms with E-state index in [1.165, 1.54) is 4.88 Å². The summed E-state index contributed by atoms with van der Waals surface area (Å²) in [5.41, 5.74) is 0.859. The molecule has 1 amide bonds. The molecule has 1 N–H and O–H groups in total. The van der Waals surface area contributed by atoms with Crippen molar-refractivity contribution in [2.45, 2.75) is 25.8 Å². The van der Waals surface area contributed by atoms with Crippen molar-refractivity contribution >= 4 is 40.4 Å². The molecule has 0 radical (unpaired) electrons. The van der Waals surface area contributed by atoms with Gasteiger partial charge in [0, 0.05) is 4.88 Å². The highest BCUT2D eigenvalue weighted by Crippen LogP contribution is 2.24. The Morgan fingerprint density at radius 1 is 1.30 bits per heavy atom. The summed E-state index contributed by atoms with van der Waals surface area (Å²) in [7, 11) is 0. The third-order valence-electron chi connectivity index (χ3n) is 2.98. The zero-order valence-electron chi connectivity index (χ0n) is 11.0. The molecule has 20 heavy (non-hydrogen) atoms. The highest BCUT2D eigenvalue weighted by Gasteiger charge is 2.14. The van der Waals surface area contributed by atoms with Crippen LogP contribution in [0.3, 0.4) is 0 Å². The van der Waals surface area contributed by atoms with Gasteiger partial charge < -0.3 is 5.32 Å². The smallest absolute Gasteiger partial charge is 0.224 e. The van der Waals surface area contributed by atoms with Crippen molar-refractivity contribution in [3.8, 4) is 0 Å². The maximum atomic E-state index is 12.1. The van der Waals surface area contributed by atoms with Crippen molar-refractivity contribution in [2.75, 3.05) is 0 Å². The number of amides is 1. The Morgan fingerprint density at radius 2 is 2.10 bits per heavy atom. The molecule has 2 aromatic rings. The number of rotatable bonds is 5. The monoisotopic (exact) mass is 327 g/mol. The van der Waals surface area contributed by atoms with Crippen LogP contribution in [0.5, 0.6) is 0 Å². The molecular weight excluding hydrogens is 313 g/mol. The van der Waals surface area contributed by atoms with E-state index in [9.17, 15) is 4.79 Å². The number of hydrogen-bond donors (Lipinski definition) is 1. The Morgan fingerprint density at radius 3 is 2.70 bits per heavy atom. The third kappa shape index (κ3) is 3.98. The lowest BCUT2D eigenvalue weighted by atomic mass is 10.1. The molecule has 1 atom stereocenters. The summed E-state index contributed by atoms with van der Waals surface area (Å²) < 4.78 is 0. The van der Waals surface area contributed by atoms with E-state index >= 15 is 0 Å². The van der Waals surface area contributed by atoms with Gasteiger partial charge in [0.05, 0.1) is 22.5 Å². The maximum Gasteiger partial charge on any atom is 0.224 e. The van der Waals surface area contributed by atoms with Gasteiger partial charge in [0.1, 0.15) is 0 Å². The van der Waals surface area contributed by atoms with E-state index < -0.39 is 0 Å². The third-order valence-corrected chi connectivity index (χ3v) is 4.70. The fourth-order valence-electron chi connectivity index (χ4n) is 1.94. The van der Waals surface area contributed by atoms with Crippen LogP contribution in [0.25, 0.3) is 0 Å². The van der Waals surface area contributed by atoms with Gasteiger partial charge >= 0.3 is 0 Å². The number of carbonyl (C=O) groups is 1. The Hall–Kier alpha value is -1.03. The van der Waals surface area contributed by atoms with Crippen LogP contribution in [0.2, 0.25) is 10.0 Å². The summed E-state index contributed by atoms with van der Waals surface area (Å²) in [6, 6.07) is 9.37. The highest BCUT2D eigenvalue weighted by atomic mass is 35.5. The van der Waals surface area contributed by atoms with E-state index in [1.807, 2.05) is 23.6 Å². The second kappa shape index (κ2) is 7.11. The minimum atomic E-state index is -0.0105. The Labute approximate surface area is 132 Å². The van der Waals surface area contributed by atoms with Crippen LogP contribution in [0.15, 0.2) is 35.7 Å². The van der Waals surface area contributed by atoms with Gasteiger partial charge in [-0.1, -0.05) is 42.3 Å². The molecule has 0 aliphatic heterocycles. The van der Waals surface area contributed by atoms with Crippen molar-refractivity contribution in [3.63, 3.8) is 0 Å². The fourth-order valence-corrected chi connectivity index (χ4v) is 3.13. The van der Waals surface area contributed by atoms with Gasteiger partial charge in [0.25, 0.3) is 0 Å². The van der Waals surface area contributed by atoms with E-state index in [0.717, 1.165) is 12.0 Å². The minimum Gasteiger partial charge on any atom is -0.348 e. The molecular formula is C15H15Cl2NOS. The van der Waals surface area contributed by atoms with Crippen molar-refractivity contribution in [1.82, 2.24) is 5.32 Å². The Bertz CT molecular complexity index is 584. The molecule has 2 nitrogen and oxygen atoms in total. The summed E-state index contributed by atoms with van der Waals surface area (Å²) >= 11 is 13.5. The molecule has 106 valence electrons. The van der Waals surface area contributed by atoms with Crippen LogP contribution >= 0.6 is 34.5 Å². The van der Waals surface area contributed by atoms with Crippen molar-refractivity contribution in [3.05, 3.63) is 56.2 Å². The van der Waals surface area contributed by atoms with E-state index in [1.54, 1.807) is 23.5 Å². The topological polar surface area (TPSA) is 29.1 Å². The first-order chi connectivity index (χ1) is 9.60. The molecule has 1 heterocycles. The lowest BCUT2D eigenvalue weighted by Crippen LogP contribution is -2.29. The number of benzene rings is 1. The van der Waals surface area contributed by atoms with Crippen molar-refractivity contribution in [1.29, 1.82) is 0 Å². The second-order valence-corrected chi connectivity index (χ2v) is 6.26. The number of carbonyl (C=O) groups excluding carboxylic acids is 1. The SMILES string of the molecule is CCC(NC(=O)Cc1ccc(Cl)c(Cl)c1)c1cccs1. The fraction of sp³-hybridized carbons (Fsp3) is 0.267. The van der Waals surface area contributed by atoms with E-state index in [-0.39, 0.29) is 11.9 Å². The molecule has 2 rings (SSSR count). The maximum absolute atomic E-state index is 12.1. The molecule has 0 aliphatic rings. The first-order valence-corrected chi connectivity index (χ1v) is 8.00. The Kier molecular flexibility index (Phi) is 5.46. The van der Waals surface area contributed by atoms with Crippen LogP contribution in [-0.2, 0) is 11.2 Å². The quantitative estimate of drug-likeness (QED) is 0.834. The van der Waals surface area contributed by atoms with E-state index in [4.69, 9.17) is 23.2 Å². The van der Waals surface area contributed by atoms with Gasteiger partial charge in [-0.15, -0.1) is 11.3 Å². The van der Waals surface area contributed by atoms with Gasteiger partial charge in [-0.3, -0.25) is 4.79 Å². The summed E-state index contributed by atoms with van der Waals surface area (Å²) in [5, 5.41) is 6.04. The zero-order chi connectivity index (χ0) is 14.5. The standard InChI is InChI=1S/C15H15Cl2NOS/c1-2-13(14-4-3-7-20-14)18-15(19)9-10-5-6-11(16)12(17)8-10/h3-8,13H,2,9H2,1H3,(H,18,19). The summed E-state index contributed by atoms with van der Waals surface area (Å²) in [6.45, 7) is 2.06. The lowest BCUT2D eigenvalue weighted by Gasteiger charge is -2.15. The van der Waals surface area contributed by atoms with Gasteiger partial charge in [0.15, 0.2) is 0 Å². The predicted octanol–water partition coefficient (Wildman–Crippen LogP) is 4.86. The number of halogens is 2. The molecule has 1 aromatic carbocycles. The predicted molar refractivity (Wildman–Crippen MR) is 85.7 cm³/mol. The first kappa shape index (κ1) is 15.4. The summed E-state index contributed by atoms with van der Waals surface area (Å²) in [4.78, 5) is 13.3. The lowest BCUT2D eigenvalue weighted by molar-refractivity contribution is -0.121. The van der Waals surface area contributed by atoms with Gasteiger partial charge in [-0.2, -0.15) is 0 Å². The number of nitrogens with one attached hydrogen (secondary N) is 1. The van der Waals surface area contributed by atoms with Crippen LogP contribution in [-0.4, -0.2) is 5.91 Å². The first-order valence-electron chi connectivity index (χ1n) is 6.37. The van der Waals surface area contributed by atoms with E-state index in [0.29, 0.717) is 16.5 Å². The average molecular weight is 328 g/mol. The van der Waals surface area contributed by atoms with Crippen LogP contribution in [0.4, 0.5) is 0 Å². The zero-order valence-corrected chi connectivity index (χ0v) is 13.4. The summed E-state index contributed by atoms with van der Waals surface area (Å²) in [5.74, 6) is -0.0105. The minimum absolute atomic E-state index is 0.0105. The van der Waals surface area contributed by atoms with Crippen LogP contribution in [0.1, 0.15) is 29.8 Å². The van der Waals surface area contributed by atoms with Gasteiger partial charge in [0.2, 0.25) is 5.91 Å². The van der Waals surface area contributed by atoms with Crippen LogP contribution in [0, 0.1) is 0 Å². The molecule has 1 aromatic heterocycles. The molecule has 0 saturated heterocycles. The number of hydrogen-bond acceptors (Lipinski definition) is 2. The van der Waals surface area contributed by atoms with Gasteiger partial charge in [-0.25, -0.2) is 0 Å². The normalized spacial score (nSPS) is 12.2. The molecule has 0 saturated carbocycles. The summed E-state index contributed by atoms with van der Waals surface area (Å²) in [6.07, 6.45) is 1.17. The molecule has 0 aliphatic carbocycles. The molecule has 0 bridgehead atoms. The average Bonchev–Trinajstić information content (AvgIpc) is 2.94. The largest absolute Gasteiger partial charge is 0.348 e. The molecule has 0 spiro atoms. The molecule has 5 heteroatoms. The van der Waals surface area contributed by atoms with E-state index in [2.05, 4.69) is 12.2 Å². The van der Waals surface area contributed by atoms with Crippen LogP contribution < -0.4 is 5.32 Å². The Balaban J connectivity index is 1.99. The molecule has 0 fully saturated rings. The van der Waals surface area contributed by atoms with Gasteiger partial charge in [-0.05, 0) is 35.6 Å². The number of thiophene rings is 1. The van der Waals surface area contributed by atoms with Crippen molar-refractivity contribution in [2.24, 2.45) is 0 Å². The highest BCUT2D eigenvalue weighted by molar-refractivity contribution is 7.10.